The fourth-order valence-electron chi connectivity index (χ4n) is 0.241. The molecule has 0 spiro atoms. The summed E-state index contributed by atoms with van der Waals surface area (Å²) in [7, 11) is 0. The molecule has 0 aliphatic heterocycles. The third-order valence-electron chi connectivity index (χ3n) is 1.11. The Labute approximate surface area is 107 Å². The first kappa shape index (κ1) is 21.7. The molecule has 0 bridgehead atoms. The van der Waals surface area contributed by atoms with Gasteiger partial charge in [0.2, 0.25) is 0 Å². The highest BCUT2D eigenvalue weighted by molar-refractivity contribution is 5.66. The molecule has 0 heterocycles. The predicted molar refractivity (Wildman–Crippen MR) is 67.0 cm³/mol. The van der Waals surface area contributed by atoms with Crippen LogP contribution in [0.2, 0.25) is 0 Å². The molecule has 0 aromatic rings. The first-order chi connectivity index (χ1) is 8.17. The molecule has 4 N–H and O–H groups in total. The van der Waals surface area contributed by atoms with Gasteiger partial charge in [-0.15, -0.1) is 0 Å². The summed E-state index contributed by atoms with van der Waals surface area (Å²) in [6.45, 7) is 6.30. The number of hydrogen-bond acceptors (Lipinski definition) is 4. The summed E-state index contributed by atoms with van der Waals surface area (Å²) >= 11 is 0. The lowest BCUT2D eigenvalue weighted by molar-refractivity contribution is -0.137. The normalized spacial score (nSPS) is 11.2. The molecular weight excluding hydrogens is 240 g/mol. The minimum absolute atomic E-state index is 0.222. The van der Waals surface area contributed by atoms with Crippen LogP contribution in [0, 0.1) is 11.8 Å². The van der Waals surface area contributed by atoms with Gasteiger partial charge in [0.15, 0.2) is 0 Å². The van der Waals surface area contributed by atoms with E-state index in [-0.39, 0.29) is 12.8 Å². The van der Waals surface area contributed by atoms with Gasteiger partial charge in [-0.25, -0.2) is 0 Å². The summed E-state index contributed by atoms with van der Waals surface area (Å²) in [5.41, 5.74) is 0. The average molecular weight is 262 g/mol. The second-order valence-electron chi connectivity index (χ2n) is 3.14. The summed E-state index contributed by atoms with van der Waals surface area (Å²) in [5.74, 6) is 3.31. The van der Waals surface area contributed by atoms with E-state index < -0.39 is 24.1 Å². The number of aliphatic hydroxyl groups is 2. The lowest BCUT2D eigenvalue weighted by Gasteiger charge is -1.89. The monoisotopic (exact) mass is 262 g/mol. The zero-order valence-electron chi connectivity index (χ0n) is 11.2. The summed E-state index contributed by atoms with van der Waals surface area (Å²) in [6, 6.07) is 0. The number of rotatable bonds is 2. The second-order valence-corrected chi connectivity index (χ2v) is 3.14. The highest BCUT2D eigenvalue weighted by atomic mass is 16.4. The first-order valence-electron chi connectivity index (χ1n) is 5.48. The van der Waals surface area contributed by atoms with Crippen LogP contribution < -0.4 is 0 Å². The molecule has 0 saturated carbocycles. The van der Waals surface area contributed by atoms with Gasteiger partial charge >= 0.3 is 11.9 Å². The lowest BCUT2D eigenvalue weighted by Crippen LogP contribution is -1.98. The third-order valence-corrected chi connectivity index (χ3v) is 1.11. The fourth-order valence-corrected chi connectivity index (χ4v) is 0.241. The van der Waals surface area contributed by atoms with Gasteiger partial charge in [0.05, 0.1) is 0 Å². The van der Waals surface area contributed by atoms with E-state index in [0.717, 1.165) is 0 Å². The van der Waals surface area contributed by atoms with E-state index in [9.17, 15) is 9.59 Å². The van der Waals surface area contributed by atoms with Gasteiger partial charge in [-0.1, -0.05) is 25.7 Å². The Balaban J connectivity index is -0.000000197. The van der Waals surface area contributed by atoms with Crippen LogP contribution in [0.25, 0.3) is 0 Å². The number of aliphatic hydroxyl groups excluding tert-OH is 2. The molecule has 6 nitrogen and oxygen atoms in total. The minimum atomic E-state index is -0.745. The standard InChI is InChI=1S/C6H10O2.2C3H6O2/c1-5(7)3-4-6(2)8;2*1-2-3(4)5/h5-8H,1-2H3;2*2H2,1H3,(H,4,5). The fraction of sp³-hybridized carbons (Fsp3) is 0.667. The van der Waals surface area contributed by atoms with E-state index in [1.54, 1.807) is 27.7 Å². The van der Waals surface area contributed by atoms with E-state index in [2.05, 4.69) is 11.8 Å². The Hall–Kier alpha value is -1.58. The maximum atomic E-state index is 9.37. The maximum absolute atomic E-state index is 9.37. The Morgan fingerprint density at radius 2 is 1.06 bits per heavy atom. The molecule has 6 heteroatoms. The molecule has 0 rings (SSSR count). The van der Waals surface area contributed by atoms with E-state index in [0.29, 0.717) is 0 Å². The van der Waals surface area contributed by atoms with Crippen molar-refractivity contribution in [2.45, 2.75) is 52.7 Å². The predicted octanol–water partition coefficient (Wildman–Crippen LogP) is 0.713. The van der Waals surface area contributed by atoms with Crippen molar-refractivity contribution in [1.29, 1.82) is 0 Å². The van der Waals surface area contributed by atoms with Gasteiger partial charge in [0, 0.05) is 12.8 Å². The van der Waals surface area contributed by atoms with E-state index in [1.165, 1.54) is 0 Å². The van der Waals surface area contributed by atoms with Crippen LogP contribution in [-0.2, 0) is 9.59 Å². The zero-order chi connectivity index (χ0) is 15.1. The summed E-state index contributed by atoms with van der Waals surface area (Å²) < 4.78 is 0. The molecule has 0 amide bonds. The molecule has 0 fully saturated rings. The van der Waals surface area contributed by atoms with Crippen molar-refractivity contribution in [1.82, 2.24) is 0 Å². The second kappa shape index (κ2) is 15.4. The van der Waals surface area contributed by atoms with Gasteiger partial charge < -0.3 is 20.4 Å². The molecule has 0 saturated heterocycles. The summed E-state index contributed by atoms with van der Waals surface area (Å²) in [6.07, 6.45) is -0.825. The van der Waals surface area contributed by atoms with E-state index in [1.807, 2.05) is 0 Å². The molecule has 0 aliphatic rings. The van der Waals surface area contributed by atoms with Crippen LogP contribution in [0.5, 0.6) is 0 Å². The van der Waals surface area contributed by atoms with Crippen molar-refractivity contribution in [3.63, 3.8) is 0 Å². The number of aliphatic carboxylic acids is 2. The summed E-state index contributed by atoms with van der Waals surface area (Å²) in [4.78, 5) is 18.7. The van der Waals surface area contributed by atoms with Gasteiger partial charge in [0.1, 0.15) is 12.2 Å². The van der Waals surface area contributed by atoms with Crippen LogP contribution >= 0.6 is 0 Å². The summed E-state index contributed by atoms with van der Waals surface area (Å²) in [5, 5.41) is 32.5. The molecule has 0 aromatic carbocycles. The third kappa shape index (κ3) is 47.2. The molecule has 2 atom stereocenters. The molecule has 0 aliphatic carbocycles. The Morgan fingerprint density at radius 1 is 0.889 bits per heavy atom. The van der Waals surface area contributed by atoms with Crippen molar-refractivity contribution >= 4 is 11.9 Å². The molecule has 2 unspecified atom stereocenters. The topological polar surface area (TPSA) is 115 Å². The highest BCUT2D eigenvalue weighted by Crippen LogP contribution is 1.76. The molecule has 18 heavy (non-hydrogen) atoms. The van der Waals surface area contributed by atoms with Crippen LogP contribution in [-0.4, -0.2) is 44.6 Å². The number of carboxylic acids is 2. The van der Waals surface area contributed by atoms with Gasteiger partial charge in [-0.2, -0.15) is 0 Å². The van der Waals surface area contributed by atoms with Gasteiger partial charge in [0.25, 0.3) is 0 Å². The smallest absolute Gasteiger partial charge is 0.303 e. The van der Waals surface area contributed by atoms with Gasteiger partial charge in [-0.05, 0) is 13.8 Å². The maximum Gasteiger partial charge on any atom is 0.303 e. The van der Waals surface area contributed by atoms with Crippen LogP contribution in [0.15, 0.2) is 0 Å². The number of carbonyl (C=O) groups is 2. The van der Waals surface area contributed by atoms with Crippen molar-refractivity contribution in [3.05, 3.63) is 0 Å². The van der Waals surface area contributed by atoms with Crippen molar-refractivity contribution in [2.24, 2.45) is 0 Å². The van der Waals surface area contributed by atoms with Crippen LogP contribution in [0.1, 0.15) is 40.5 Å². The molecule has 0 aromatic heterocycles. The zero-order valence-corrected chi connectivity index (χ0v) is 11.2. The van der Waals surface area contributed by atoms with E-state index in [4.69, 9.17) is 20.4 Å². The molecule has 0 radical (unpaired) electrons. The Kier molecular flexibility index (Phi) is 18.6. The first-order valence-corrected chi connectivity index (χ1v) is 5.48. The highest BCUT2D eigenvalue weighted by Gasteiger charge is 1.85. The Bertz CT molecular complexity index is 246. The van der Waals surface area contributed by atoms with Crippen molar-refractivity contribution in [3.8, 4) is 11.8 Å². The largest absolute Gasteiger partial charge is 0.481 e. The number of carboxylic acid groups (broad SMARTS) is 2. The lowest BCUT2D eigenvalue weighted by atomic mass is 10.3. The van der Waals surface area contributed by atoms with Gasteiger partial charge in [-0.3, -0.25) is 9.59 Å². The van der Waals surface area contributed by atoms with Crippen LogP contribution in [0.3, 0.4) is 0 Å². The minimum Gasteiger partial charge on any atom is -0.481 e. The Morgan fingerprint density at radius 3 is 1.11 bits per heavy atom. The quantitative estimate of drug-likeness (QED) is 0.545. The van der Waals surface area contributed by atoms with Crippen molar-refractivity contribution < 1.29 is 30.0 Å². The van der Waals surface area contributed by atoms with E-state index >= 15 is 0 Å². The molecular formula is C12H22O6. The average Bonchev–Trinajstić information content (AvgIpc) is 2.27. The number of hydrogen-bond donors (Lipinski definition) is 4. The SMILES string of the molecule is CC(O)C#CC(C)O.CCC(=O)O.CCC(=O)O. The van der Waals surface area contributed by atoms with Crippen molar-refractivity contribution in [2.75, 3.05) is 0 Å². The van der Waals surface area contributed by atoms with Crippen LogP contribution in [0.4, 0.5) is 0 Å². The molecule has 106 valence electrons.